The number of thiol groups is 1. The zero-order valence-corrected chi connectivity index (χ0v) is 7.65. The molecule has 1 rings (SSSR count). The average Bonchev–Trinajstić information content (AvgIpc) is 2.07. The van der Waals surface area contributed by atoms with E-state index in [1.54, 1.807) is 0 Å². The molecule has 0 aromatic heterocycles. The first kappa shape index (κ1) is 9.66. The van der Waals surface area contributed by atoms with Crippen LogP contribution in [-0.2, 0) is 11.0 Å². The number of rotatable bonds is 3. The maximum atomic E-state index is 10.2. The minimum absolute atomic E-state index is 0.0228. The first-order valence-corrected chi connectivity index (χ1v) is 4.42. The number of benzene rings is 1. The number of hydrogen-bond donors (Lipinski definition) is 2. The van der Waals surface area contributed by atoms with Crippen molar-refractivity contribution in [3.63, 3.8) is 0 Å². The van der Waals surface area contributed by atoms with Crippen molar-refractivity contribution in [2.24, 2.45) is 0 Å². The molecule has 1 aromatic carbocycles. The molecule has 72 valence electrons. The van der Waals surface area contributed by atoms with Gasteiger partial charge in [0, 0.05) is 6.07 Å². The fourth-order valence-corrected chi connectivity index (χ4v) is 1.12. The van der Waals surface area contributed by atoms with Gasteiger partial charge in [-0.25, -0.2) is 0 Å². The molecule has 0 atom stereocenters. The predicted octanol–water partition coefficient (Wildman–Crippen LogP) is 0.306. The molecule has 6 heteroatoms. The SMILES string of the molecule is COc1cc(O)ccc1O[SH](=O)=O. The highest BCUT2D eigenvalue weighted by Gasteiger charge is 2.05. The standard InChI is InChI=1S/C7H8O5S/c1-11-7-4-5(8)2-3-6(7)12-13(9)10/h2-4,8,13H,1H3. The molecule has 13 heavy (non-hydrogen) atoms. The topological polar surface area (TPSA) is 72.8 Å². The summed E-state index contributed by atoms with van der Waals surface area (Å²) in [6.07, 6.45) is 0. The number of methoxy groups -OCH3 is 1. The van der Waals surface area contributed by atoms with Gasteiger partial charge in [-0.05, 0) is 12.1 Å². The van der Waals surface area contributed by atoms with Crippen molar-refractivity contribution in [1.82, 2.24) is 0 Å². The second kappa shape index (κ2) is 3.99. The van der Waals surface area contributed by atoms with Crippen molar-refractivity contribution in [2.75, 3.05) is 7.11 Å². The van der Waals surface area contributed by atoms with E-state index >= 15 is 0 Å². The Morgan fingerprint density at radius 2 is 2.00 bits per heavy atom. The van der Waals surface area contributed by atoms with Crippen LogP contribution >= 0.6 is 0 Å². The fourth-order valence-electron chi connectivity index (χ4n) is 0.812. The first-order valence-electron chi connectivity index (χ1n) is 3.33. The molecule has 0 radical (unpaired) electrons. The highest BCUT2D eigenvalue weighted by atomic mass is 32.2. The molecule has 0 spiro atoms. The van der Waals surface area contributed by atoms with Crippen molar-refractivity contribution < 1.29 is 22.4 Å². The third-order valence-electron chi connectivity index (χ3n) is 1.32. The third-order valence-corrected chi connectivity index (χ3v) is 1.67. The summed E-state index contributed by atoms with van der Waals surface area (Å²) in [5.41, 5.74) is 0. The van der Waals surface area contributed by atoms with E-state index < -0.39 is 11.0 Å². The van der Waals surface area contributed by atoms with E-state index in [2.05, 4.69) is 4.18 Å². The highest BCUT2D eigenvalue weighted by Crippen LogP contribution is 2.30. The van der Waals surface area contributed by atoms with Gasteiger partial charge in [-0.1, -0.05) is 0 Å². The van der Waals surface area contributed by atoms with E-state index in [4.69, 9.17) is 9.84 Å². The Labute approximate surface area is 76.7 Å². The normalized spacial score (nSPS) is 10.0. The lowest BCUT2D eigenvalue weighted by Crippen LogP contribution is -1.93. The van der Waals surface area contributed by atoms with Gasteiger partial charge in [0.25, 0.3) is 11.0 Å². The second-order valence-electron chi connectivity index (χ2n) is 2.15. The van der Waals surface area contributed by atoms with Gasteiger partial charge in [0.1, 0.15) is 5.75 Å². The van der Waals surface area contributed by atoms with Crippen molar-refractivity contribution in [3.05, 3.63) is 18.2 Å². The first-order chi connectivity index (χ1) is 6.13. The van der Waals surface area contributed by atoms with Gasteiger partial charge in [0.2, 0.25) is 0 Å². The Hall–Kier alpha value is -1.43. The molecule has 0 amide bonds. The smallest absolute Gasteiger partial charge is 0.299 e. The van der Waals surface area contributed by atoms with Gasteiger partial charge in [-0.2, -0.15) is 8.42 Å². The highest BCUT2D eigenvalue weighted by molar-refractivity contribution is 7.67. The van der Waals surface area contributed by atoms with Crippen LogP contribution in [0.25, 0.3) is 0 Å². The molecule has 0 unspecified atom stereocenters. The number of ether oxygens (including phenoxy) is 1. The maximum absolute atomic E-state index is 10.2. The predicted molar refractivity (Wildman–Crippen MR) is 45.6 cm³/mol. The van der Waals surface area contributed by atoms with Crippen LogP contribution in [-0.4, -0.2) is 20.6 Å². The Morgan fingerprint density at radius 3 is 2.54 bits per heavy atom. The van der Waals surface area contributed by atoms with E-state index in [0.29, 0.717) is 0 Å². The molecule has 0 bridgehead atoms. The largest absolute Gasteiger partial charge is 0.508 e. The van der Waals surface area contributed by atoms with Gasteiger partial charge < -0.3 is 14.0 Å². The summed E-state index contributed by atoms with van der Waals surface area (Å²) >= 11 is 0. The lowest BCUT2D eigenvalue weighted by atomic mass is 10.3. The quantitative estimate of drug-likeness (QED) is 0.693. The summed E-state index contributed by atoms with van der Waals surface area (Å²) in [6.45, 7) is 0. The molecule has 0 heterocycles. The molecule has 0 aliphatic rings. The third kappa shape index (κ3) is 2.51. The van der Waals surface area contributed by atoms with Crippen LogP contribution in [0.5, 0.6) is 17.2 Å². The maximum Gasteiger partial charge on any atom is 0.299 e. The van der Waals surface area contributed by atoms with Crippen molar-refractivity contribution in [2.45, 2.75) is 0 Å². The molecule has 0 aliphatic heterocycles. The summed E-state index contributed by atoms with van der Waals surface area (Å²) in [6, 6.07) is 3.87. The van der Waals surface area contributed by atoms with Gasteiger partial charge in [0.15, 0.2) is 11.5 Å². The number of phenolic OH excluding ortho intramolecular Hbond substituents is 1. The molecule has 0 fully saturated rings. The summed E-state index contributed by atoms with van der Waals surface area (Å²) in [5, 5.41) is 9.02. The lowest BCUT2D eigenvalue weighted by Gasteiger charge is -2.05. The summed E-state index contributed by atoms with van der Waals surface area (Å²) in [5.74, 6) is 0.195. The molecular weight excluding hydrogens is 196 g/mol. The molecule has 1 N–H and O–H groups in total. The Bertz CT molecular complexity index is 363. The van der Waals surface area contributed by atoms with Crippen LogP contribution in [0.2, 0.25) is 0 Å². The van der Waals surface area contributed by atoms with E-state index in [9.17, 15) is 8.42 Å². The second-order valence-corrected chi connectivity index (χ2v) is 2.78. The van der Waals surface area contributed by atoms with Gasteiger partial charge in [-0.3, -0.25) is 0 Å². The van der Waals surface area contributed by atoms with Crippen molar-refractivity contribution in [1.29, 1.82) is 0 Å². The molecule has 0 aliphatic carbocycles. The van der Waals surface area contributed by atoms with Crippen molar-refractivity contribution in [3.8, 4) is 17.2 Å². The van der Waals surface area contributed by atoms with Gasteiger partial charge >= 0.3 is 0 Å². The average molecular weight is 204 g/mol. The minimum atomic E-state index is -2.97. The molecule has 1 aromatic rings. The minimum Gasteiger partial charge on any atom is -0.508 e. The fraction of sp³-hybridized carbons (Fsp3) is 0.143. The zero-order chi connectivity index (χ0) is 9.84. The van der Waals surface area contributed by atoms with Gasteiger partial charge in [0.05, 0.1) is 7.11 Å². The van der Waals surface area contributed by atoms with E-state index in [1.807, 2.05) is 0 Å². The molecular formula is C7H8O5S. The number of aromatic hydroxyl groups is 1. The number of phenols is 1. The van der Waals surface area contributed by atoms with E-state index in [0.717, 1.165) is 0 Å². The van der Waals surface area contributed by atoms with E-state index in [1.165, 1.54) is 25.3 Å². The molecule has 0 saturated heterocycles. The Balaban J connectivity index is 3.05. The summed E-state index contributed by atoms with van der Waals surface area (Å²) in [7, 11) is -1.62. The monoisotopic (exact) mass is 204 g/mol. The zero-order valence-electron chi connectivity index (χ0n) is 6.76. The van der Waals surface area contributed by atoms with Crippen LogP contribution in [0.15, 0.2) is 18.2 Å². The van der Waals surface area contributed by atoms with Crippen LogP contribution < -0.4 is 8.92 Å². The lowest BCUT2D eigenvalue weighted by molar-refractivity contribution is 0.388. The summed E-state index contributed by atoms with van der Waals surface area (Å²) < 4.78 is 29.6. The van der Waals surface area contributed by atoms with Gasteiger partial charge in [-0.15, -0.1) is 0 Å². The molecule has 0 saturated carbocycles. The van der Waals surface area contributed by atoms with Crippen molar-refractivity contribution >= 4 is 11.0 Å². The molecule has 5 nitrogen and oxygen atoms in total. The Kier molecular flexibility index (Phi) is 2.97. The van der Waals surface area contributed by atoms with Crippen LogP contribution in [0.4, 0.5) is 0 Å². The van der Waals surface area contributed by atoms with Crippen LogP contribution in [0.3, 0.4) is 0 Å². The number of hydrogen-bond acceptors (Lipinski definition) is 5. The Morgan fingerprint density at radius 1 is 1.31 bits per heavy atom. The van der Waals surface area contributed by atoms with Crippen LogP contribution in [0, 0.1) is 0 Å². The van der Waals surface area contributed by atoms with E-state index in [-0.39, 0.29) is 17.2 Å². The summed E-state index contributed by atoms with van der Waals surface area (Å²) in [4.78, 5) is 0. The van der Waals surface area contributed by atoms with Crippen LogP contribution in [0.1, 0.15) is 0 Å².